The van der Waals surface area contributed by atoms with Gasteiger partial charge in [0.15, 0.2) is 0 Å². The summed E-state index contributed by atoms with van der Waals surface area (Å²) in [5, 5.41) is 4.39. The Labute approximate surface area is 128 Å². The molecular formula is C13H13Br2FN2O. The minimum absolute atomic E-state index is 0.303. The molecule has 0 radical (unpaired) electrons. The van der Waals surface area contributed by atoms with Gasteiger partial charge < -0.3 is 4.74 Å². The summed E-state index contributed by atoms with van der Waals surface area (Å²) in [4.78, 5) is 0. The molecule has 0 aliphatic carbocycles. The Morgan fingerprint density at radius 2 is 2.11 bits per heavy atom. The molecule has 1 aromatic heterocycles. The third-order valence-corrected chi connectivity index (χ3v) is 4.29. The molecule has 6 heteroatoms. The van der Waals surface area contributed by atoms with E-state index in [1.54, 1.807) is 16.8 Å². The van der Waals surface area contributed by atoms with Crippen LogP contribution >= 0.6 is 31.9 Å². The largest absolute Gasteiger partial charge is 0.487 e. The normalized spacial score (nSPS) is 10.8. The van der Waals surface area contributed by atoms with Crippen LogP contribution in [0, 0.1) is 5.82 Å². The van der Waals surface area contributed by atoms with Gasteiger partial charge in [-0.1, -0.05) is 6.92 Å². The van der Waals surface area contributed by atoms with Crippen molar-refractivity contribution in [2.24, 2.45) is 7.05 Å². The van der Waals surface area contributed by atoms with Crippen LogP contribution < -0.4 is 4.74 Å². The van der Waals surface area contributed by atoms with Crippen LogP contribution in [0.25, 0.3) is 0 Å². The first-order chi connectivity index (χ1) is 9.02. The molecule has 0 unspecified atom stereocenters. The second-order valence-corrected chi connectivity index (χ2v) is 5.70. The maximum atomic E-state index is 13.1. The molecule has 0 aliphatic heterocycles. The van der Waals surface area contributed by atoms with Crippen molar-refractivity contribution in [3.8, 4) is 5.75 Å². The van der Waals surface area contributed by atoms with Gasteiger partial charge in [-0.3, -0.25) is 4.68 Å². The number of ether oxygens (including phenoxy) is 1. The lowest BCUT2D eigenvalue weighted by molar-refractivity contribution is 0.293. The summed E-state index contributed by atoms with van der Waals surface area (Å²) >= 11 is 6.66. The van der Waals surface area contributed by atoms with Gasteiger partial charge in [-0.2, -0.15) is 5.10 Å². The topological polar surface area (TPSA) is 27.1 Å². The Morgan fingerprint density at radius 3 is 2.68 bits per heavy atom. The summed E-state index contributed by atoms with van der Waals surface area (Å²) in [6.45, 7) is 2.43. The monoisotopic (exact) mass is 390 g/mol. The lowest BCUT2D eigenvalue weighted by atomic mass is 10.3. The van der Waals surface area contributed by atoms with Crippen molar-refractivity contribution in [2.45, 2.75) is 20.0 Å². The molecule has 3 nitrogen and oxygen atoms in total. The van der Waals surface area contributed by atoms with Gasteiger partial charge in [-0.25, -0.2) is 4.39 Å². The van der Waals surface area contributed by atoms with Gasteiger partial charge in [0.25, 0.3) is 0 Å². The van der Waals surface area contributed by atoms with Crippen molar-refractivity contribution in [1.82, 2.24) is 9.78 Å². The van der Waals surface area contributed by atoms with Crippen LogP contribution in [-0.2, 0) is 20.1 Å². The second-order valence-electron chi connectivity index (χ2n) is 4.05. The van der Waals surface area contributed by atoms with Gasteiger partial charge >= 0.3 is 0 Å². The molecule has 1 aromatic carbocycles. The van der Waals surface area contributed by atoms with E-state index < -0.39 is 0 Å². The molecule has 2 aromatic rings. The number of rotatable bonds is 4. The number of hydrogen-bond acceptors (Lipinski definition) is 2. The van der Waals surface area contributed by atoms with Crippen molar-refractivity contribution in [2.75, 3.05) is 0 Å². The number of hydrogen-bond donors (Lipinski definition) is 0. The first kappa shape index (κ1) is 14.5. The third kappa shape index (κ3) is 3.17. The quantitative estimate of drug-likeness (QED) is 0.779. The summed E-state index contributed by atoms with van der Waals surface area (Å²) < 4.78 is 21.9. The Hall–Kier alpha value is -0.880. The minimum Gasteiger partial charge on any atom is -0.487 e. The number of aromatic nitrogens is 2. The van der Waals surface area contributed by atoms with Crippen molar-refractivity contribution >= 4 is 31.9 Å². The molecule has 0 amide bonds. The first-order valence-electron chi connectivity index (χ1n) is 5.81. The Bertz CT molecular complexity index is 599. The summed E-state index contributed by atoms with van der Waals surface area (Å²) in [5.74, 6) is 0.307. The van der Waals surface area contributed by atoms with E-state index in [0.717, 1.165) is 22.3 Å². The Morgan fingerprint density at radius 1 is 1.37 bits per heavy atom. The molecule has 0 atom stereocenters. The van der Waals surface area contributed by atoms with Gasteiger partial charge in [0.2, 0.25) is 0 Å². The van der Waals surface area contributed by atoms with Gasteiger partial charge in [0.1, 0.15) is 18.2 Å². The third-order valence-electron chi connectivity index (χ3n) is 2.77. The van der Waals surface area contributed by atoms with Crippen LogP contribution in [0.1, 0.15) is 18.3 Å². The van der Waals surface area contributed by atoms with Crippen molar-refractivity contribution in [3.63, 3.8) is 0 Å². The fourth-order valence-electron chi connectivity index (χ4n) is 1.69. The van der Waals surface area contributed by atoms with Gasteiger partial charge in [0, 0.05) is 7.05 Å². The van der Waals surface area contributed by atoms with E-state index in [1.807, 2.05) is 7.05 Å². The summed E-state index contributed by atoms with van der Waals surface area (Å²) in [5.41, 5.74) is 1.96. The van der Waals surface area contributed by atoms with Gasteiger partial charge in [-0.05, 0) is 56.5 Å². The van der Waals surface area contributed by atoms with Crippen molar-refractivity contribution < 1.29 is 9.13 Å². The summed E-state index contributed by atoms with van der Waals surface area (Å²) in [7, 11) is 1.88. The van der Waals surface area contributed by atoms with Crippen molar-refractivity contribution in [3.05, 3.63) is 44.3 Å². The van der Waals surface area contributed by atoms with Gasteiger partial charge in [0.05, 0.1) is 20.3 Å². The molecule has 19 heavy (non-hydrogen) atoms. The van der Waals surface area contributed by atoms with Crippen LogP contribution in [0.5, 0.6) is 5.75 Å². The highest BCUT2D eigenvalue weighted by Gasteiger charge is 2.13. The number of benzene rings is 1. The molecule has 102 valence electrons. The molecule has 0 aliphatic rings. The van der Waals surface area contributed by atoms with E-state index in [1.165, 1.54) is 6.07 Å². The van der Waals surface area contributed by atoms with E-state index in [4.69, 9.17) is 4.74 Å². The zero-order valence-corrected chi connectivity index (χ0v) is 13.8. The fourth-order valence-corrected chi connectivity index (χ4v) is 2.78. The minimum atomic E-state index is -0.303. The number of nitrogens with zero attached hydrogens (tertiary/aromatic N) is 2. The predicted molar refractivity (Wildman–Crippen MR) is 78.7 cm³/mol. The Balaban J connectivity index is 2.14. The standard InChI is InChI=1S/C13H13Br2FN2O/c1-3-11-13(15)12(18(2)17-11)7-19-8-4-5-10(16)9(14)6-8/h4-6H,3,7H2,1-2H3. The van der Waals surface area contributed by atoms with E-state index in [2.05, 4.69) is 43.9 Å². The van der Waals surface area contributed by atoms with Gasteiger partial charge in [-0.15, -0.1) is 0 Å². The van der Waals surface area contributed by atoms with E-state index in [0.29, 0.717) is 16.8 Å². The molecule has 0 spiro atoms. The molecule has 0 N–H and O–H groups in total. The second kappa shape index (κ2) is 6.05. The van der Waals surface area contributed by atoms with Crippen LogP contribution in [-0.4, -0.2) is 9.78 Å². The summed E-state index contributed by atoms with van der Waals surface area (Å²) in [6.07, 6.45) is 0.858. The molecule has 0 bridgehead atoms. The maximum absolute atomic E-state index is 13.1. The van der Waals surface area contributed by atoms with Crippen molar-refractivity contribution in [1.29, 1.82) is 0 Å². The van der Waals surface area contributed by atoms with Crippen LogP contribution in [0.3, 0.4) is 0 Å². The number of aryl methyl sites for hydroxylation is 2. The molecule has 0 saturated heterocycles. The number of halogens is 3. The van der Waals surface area contributed by atoms with E-state index in [9.17, 15) is 4.39 Å². The predicted octanol–water partition coefficient (Wildman–Crippen LogP) is 4.23. The maximum Gasteiger partial charge on any atom is 0.137 e. The lowest BCUT2D eigenvalue weighted by Crippen LogP contribution is -2.03. The highest BCUT2D eigenvalue weighted by atomic mass is 79.9. The zero-order chi connectivity index (χ0) is 14.0. The van der Waals surface area contributed by atoms with E-state index in [-0.39, 0.29) is 5.82 Å². The molecule has 0 fully saturated rings. The van der Waals surface area contributed by atoms with E-state index >= 15 is 0 Å². The average molecular weight is 392 g/mol. The lowest BCUT2D eigenvalue weighted by Gasteiger charge is -2.07. The molecule has 2 rings (SSSR count). The fraction of sp³-hybridized carbons (Fsp3) is 0.308. The highest BCUT2D eigenvalue weighted by molar-refractivity contribution is 9.10. The highest BCUT2D eigenvalue weighted by Crippen LogP contribution is 2.25. The molecule has 0 saturated carbocycles. The smallest absolute Gasteiger partial charge is 0.137 e. The molecule has 1 heterocycles. The average Bonchev–Trinajstić information content (AvgIpc) is 2.66. The molecular weight excluding hydrogens is 379 g/mol. The first-order valence-corrected chi connectivity index (χ1v) is 7.39. The Kier molecular flexibility index (Phi) is 4.62. The van der Waals surface area contributed by atoms with Crippen LogP contribution in [0.4, 0.5) is 4.39 Å². The van der Waals surface area contributed by atoms with Crippen LogP contribution in [0.2, 0.25) is 0 Å². The summed E-state index contributed by atoms with van der Waals surface area (Å²) in [6, 6.07) is 4.58. The zero-order valence-electron chi connectivity index (χ0n) is 10.6. The SMILES string of the molecule is CCc1nn(C)c(COc2ccc(F)c(Br)c2)c1Br. The van der Waals surface area contributed by atoms with Crippen LogP contribution in [0.15, 0.2) is 27.1 Å².